The average molecular weight is 261 g/mol. The topological polar surface area (TPSA) is 68.3 Å². The highest BCUT2D eigenvalue weighted by molar-refractivity contribution is 5.94. The first-order valence-electron chi connectivity index (χ1n) is 5.66. The molecule has 2 unspecified atom stereocenters. The van der Waals surface area contributed by atoms with Crippen molar-refractivity contribution in [3.8, 4) is 0 Å². The second-order valence-electron chi connectivity index (χ2n) is 4.15. The van der Waals surface area contributed by atoms with E-state index >= 15 is 0 Å². The minimum atomic E-state index is -0.101. The van der Waals surface area contributed by atoms with E-state index in [1.807, 2.05) is 6.92 Å². The maximum atomic E-state index is 11.8. The third-order valence-corrected chi connectivity index (χ3v) is 2.97. The van der Waals surface area contributed by atoms with Crippen LogP contribution in [0.15, 0.2) is 16.7 Å². The normalized spacial score (nSPS) is 13.6. The van der Waals surface area contributed by atoms with Crippen molar-refractivity contribution in [2.75, 3.05) is 0 Å². The molecule has 0 aliphatic carbocycles. The quantitative estimate of drug-likeness (QED) is 0.854. The summed E-state index contributed by atoms with van der Waals surface area (Å²) in [7, 11) is 0. The van der Waals surface area contributed by atoms with Gasteiger partial charge in [0.25, 0.3) is 5.91 Å². The monoisotopic (exact) mass is 260 g/mol. The number of furan rings is 1. The Hall–Kier alpha value is -1.00. The van der Waals surface area contributed by atoms with Crippen molar-refractivity contribution in [3.05, 3.63) is 23.7 Å². The van der Waals surface area contributed by atoms with E-state index in [0.717, 1.165) is 6.42 Å². The summed E-state index contributed by atoms with van der Waals surface area (Å²) in [6.07, 6.45) is 2.49. The van der Waals surface area contributed by atoms with Crippen LogP contribution in [0.3, 0.4) is 0 Å². The Bertz CT molecular complexity index is 352. The molecular weight excluding hydrogens is 240 g/mol. The first-order chi connectivity index (χ1) is 7.58. The highest BCUT2D eigenvalue weighted by Gasteiger charge is 2.15. The molecule has 1 aromatic rings. The van der Waals surface area contributed by atoms with Gasteiger partial charge in [-0.3, -0.25) is 4.79 Å². The second kappa shape index (κ2) is 7.35. The van der Waals surface area contributed by atoms with Crippen LogP contribution >= 0.6 is 12.4 Å². The molecule has 1 aromatic heterocycles. The first-order valence-corrected chi connectivity index (χ1v) is 5.66. The van der Waals surface area contributed by atoms with Crippen LogP contribution in [0, 0.1) is 5.92 Å². The van der Waals surface area contributed by atoms with E-state index < -0.39 is 0 Å². The van der Waals surface area contributed by atoms with Gasteiger partial charge in [0.15, 0.2) is 0 Å². The van der Waals surface area contributed by atoms with Crippen LogP contribution in [-0.4, -0.2) is 11.9 Å². The van der Waals surface area contributed by atoms with E-state index in [1.54, 1.807) is 6.07 Å². The zero-order chi connectivity index (χ0) is 12.1. The summed E-state index contributed by atoms with van der Waals surface area (Å²) in [4.78, 5) is 11.8. The minimum Gasteiger partial charge on any atom is -0.467 e. The molecule has 0 fully saturated rings. The van der Waals surface area contributed by atoms with Crippen molar-refractivity contribution in [1.82, 2.24) is 5.32 Å². The van der Waals surface area contributed by atoms with Gasteiger partial charge in [0, 0.05) is 6.04 Å². The summed E-state index contributed by atoms with van der Waals surface area (Å²) in [5, 5.41) is 2.94. The molecule has 0 spiro atoms. The van der Waals surface area contributed by atoms with Crippen LogP contribution in [0.2, 0.25) is 0 Å². The molecular formula is C12H21ClN2O2. The molecule has 0 aliphatic rings. The summed E-state index contributed by atoms with van der Waals surface area (Å²) < 4.78 is 5.12. The molecule has 0 aromatic carbocycles. The van der Waals surface area contributed by atoms with Crippen LogP contribution in [-0.2, 0) is 6.54 Å². The van der Waals surface area contributed by atoms with Crippen LogP contribution in [0.4, 0.5) is 0 Å². The predicted molar refractivity (Wildman–Crippen MR) is 70.2 cm³/mol. The van der Waals surface area contributed by atoms with Crippen LogP contribution in [0.25, 0.3) is 0 Å². The van der Waals surface area contributed by atoms with E-state index in [0.29, 0.717) is 23.8 Å². The van der Waals surface area contributed by atoms with E-state index in [2.05, 4.69) is 19.2 Å². The lowest BCUT2D eigenvalue weighted by atomic mass is 10.0. The fourth-order valence-corrected chi connectivity index (χ4v) is 1.39. The molecule has 98 valence electrons. The van der Waals surface area contributed by atoms with Crippen LogP contribution in [0.5, 0.6) is 0 Å². The molecule has 2 atom stereocenters. The minimum absolute atomic E-state index is 0. The number of carbonyl (C=O) groups excluding carboxylic acids is 1. The molecule has 5 heteroatoms. The summed E-state index contributed by atoms with van der Waals surface area (Å²) in [5.41, 5.74) is 5.95. The lowest BCUT2D eigenvalue weighted by Gasteiger charge is -2.19. The number of nitrogens with two attached hydrogens (primary N) is 1. The highest BCUT2D eigenvalue weighted by atomic mass is 35.5. The standard InChI is InChI=1S/C12H20N2O2.ClH/c1-4-8(2)9(3)14-12(15)10-5-11(6-13)16-7-10;/h5,7-9H,4,6,13H2,1-3H3,(H,14,15);1H. The Morgan fingerprint density at radius 2 is 2.18 bits per heavy atom. The van der Waals surface area contributed by atoms with Gasteiger partial charge in [-0.15, -0.1) is 12.4 Å². The summed E-state index contributed by atoms with van der Waals surface area (Å²) >= 11 is 0. The maximum absolute atomic E-state index is 11.8. The number of rotatable bonds is 5. The van der Waals surface area contributed by atoms with Crippen LogP contribution < -0.4 is 11.1 Å². The van der Waals surface area contributed by atoms with Gasteiger partial charge < -0.3 is 15.5 Å². The van der Waals surface area contributed by atoms with Crippen molar-refractivity contribution >= 4 is 18.3 Å². The predicted octanol–water partition coefficient (Wildman–Crippen LogP) is 2.32. The molecule has 1 rings (SSSR count). The lowest BCUT2D eigenvalue weighted by molar-refractivity contribution is 0.0927. The molecule has 17 heavy (non-hydrogen) atoms. The number of carbonyl (C=O) groups is 1. The molecule has 0 bridgehead atoms. The van der Waals surface area contributed by atoms with E-state index in [9.17, 15) is 4.79 Å². The van der Waals surface area contributed by atoms with E-state index in [1.165, 1.54) is 6.26 Å². The van der Waals surface area contributed by atoms with Crippen molar-refractivity contribution in [1.29, 1.82) is 0 Å². The summed E-state index contributed by atoms with van der Waals surface area (Å²) in [6, 6.07) is 1.84. The zero-order valence-corrected chi connectivity index (χ0v) is 11.3. The lowest BCUT2D eigenvalue weighted by Crippen LogP contribution is -2.36. The van der Waals surface area contributed by atoms with E-state index in [4.69, 9.17) is 10.2 Å². The molecule has 3 N–H and O–H groups in total. The van der Waals surface area contributed by atoms with Gasteiger partial charge in [-0.1, -0.05) is 20.3 Å². The SMILES string of the molecule is CCC(C)C(C)NC(=O)c1coc(CN)c1.Cl. The largest absolute Gasteiger partial charge is 0.467 e. The van der Waals surface area contributed by atoms with Gasteiger partial charge in [0.1, 0.15) is 12.0 Å². The fraction of sp³-hybridized carbons (Fsp3) is 0.583. The molecule has 4 nitrogen and oxygen atoms in total. The summed E-state index contributed by atoms with van der Waals surface area (Å²) in [6.45, 7) is 6.55. The highest BCUT2D eigenvalue weighted by Crippen LogP contribution is 2.10. The summed E-state index contributed by atoms with van der Waals surface area (Å²) in [5.74, 6) is 0.988. The van der Waals surface area contributed by atoms with Crippen molar-refractivity contribution < 1.29 is 9.21 Å². The van der Waals surface area contributed by atoms with Crippen LogP contribution in [0.1, 0.15) is 43.3 Å². The molecule has 0 saturated heterocycles. The molecule has 1 heterocycles. The van der Waals surface area contributed by atoms with Crippen molar-refractivity contribution in [2.24, 2.45) is 11.7 Å². The molecule has 1 amide bonds. The number of hydrogen-bond donors (Lipinski definition) is 2. The Morgan fingerprint density at radius 3 is 2.65 bits per heavy atom. The number of nitrogens with one attached hydrogen (secondary N) is 1. The Kier molecular flexibility index (Phi) is 6.92. The van der Waals surface area contributed by atoms with Gasteiger partial charge in [0.2, 0.25) is 0 Å². The Balaban J connectivity index is 0.00000256. The molecule has 0 saturated carbocycles. The van der Waals surface area contributed by atoms with Gasteiger partial charge in [-0.05, 0) is 18.9 Å². The zero-order valence-electron chi connectivity index (χ0n) is 10.5. The van der Waals surface area contributed by atoms with Gasteiger partial charge >= 0.3 is 0 Å². The number of halogens is 1. The third kappa shape index (κ3) is 4.40. The number of amides is 1. The smallest absolute Gasteiger partial charge is 0.254 e. The van der Waals surface area contributed by atoms with Gasteiger partial charge in [-0.25, -0.2) is 0 Å². The average Bonchev–Trinajstić information content (AvgIpc) is 2.76. The Morgan fingerprint density at radius 1 is 1.53 bits per heavy atom. The van der Waals surface area contributed by atoms with Gasteiger partial charge in [-0.2, -0.15) is 0 Å². The van der Waals surface area contributed by atoms with Crippen molar-refractivity contribution in [2.45, 2.75) is 39.8 Å². The third-order valence-electron chi connectivity index (χ3n) is 2.97. The fourth-order valence-electron chi connectivity index (χ4n) is 1.39. The number of hydrogen-bond acceptors (Lipinski definition) is 3. The molecule has 0 aliphatic heterocycles. The van der Waals surface area contributed by atoms with E-state index in [-0.39, 0.29) is 24.4 Å². The molecule has 0 radical (unpaired) electrons. The first kappa shape index (κ1) is 16.0. The second-order valence-corrected chi connectivity index (χ2v) is 4.15. The Labute approximate surface area is 108 Å². The van der Waals surface area contributed by atoms with Crippen molar-refractivity contribution in [3.63, 3.8) is 0 Å². The maximum Gasteiger partial charge on any atom is 0.254 e. The van der Waals surface area contributed by atoms with Gasteiger partial charge in [0.05, 0.1) is 12.1 Å².